The molecule has 0 saturated carbocycles. The highest BCUT2D eigenvalue weighted by molar-refractivity contribution is 7.89. The Balaban J connectivity index is 1.71. The molecule has 0 spiro atoms. The van der Waals surface area contributed by atoms with Gasteiger partial charge in [-0.15, -0.1) is 0 Å². The van der Waals surface area contributed by atoms with Crippen LogP contribution in [0, 0.1) is 0 Å². The Labute approximate surface area is 205 Å². The Morgan fingerprint density at radius 2 is 1.74 bits per heavy atom. The van der Waals surface area contributed by atoms with Gasteiger partial charge in [0.25, 0.3) is 0 Å². The second kappa shape index (κ2) is 10.4. The Morgan fingerprint density at radius 3 is 2.37 bits per heavy atom. The Hall–Kier alpha value is -3.56. The minimum atomic E-state index is -4.03. The average molecular weight is 497 g/mol. The predicted molar refractivity (Wildman–Crippen MR) is 131 cm³/mol. The van der Waals surface area contributed by atoms with Crippen molar-refractivity contribution in [3.63, 3.8) is 0 Å². The van der Waals surface area contributed by atoms with Crippen molar-refractivity contribution in [3.05, 3.63) is 89.0 Å². The molecule has 1 aliphatic rings. The van der Waals surface area contributed by atoms with Gasteiger partial charge in [-0.25, -0.2) is 18.4 Å². The quantitative estimate of drug-likeness (QED) is 0.558. The van der Waals surface area contributed by atoms with E-state index in [0.717, 1.165) is 22.3 Å². The Kier molecular flexibility index (Phi) is 7.28. The van der Waals surface area contributed by atoms with Crippen LogP contribution in [0.15, 0.2) is 71.6 Å². The topological polar surface area (TPSA) is 108 Å². The Morgan fingerprint density at radius 1 is 1.03 bits per heavy atom. The molecule has 0 saturated heterocycles. The number of nitrogens with two attached hydrogens (primary N) is 1. The van der Waals surface area contributed by atoms with Crippen LogP contribution < -0.4 is 14.6 Å². The van der Waals surface area contributed by atoms with Crippen molar-refractivity contribution in [2.24, 2.45) is 5.14 Å². The summed E-state index contributed by atoms with van der Waals surface area (Å²) >= 11 is 0. The van der Waals surface area contributed by atoms with Gasteiger partial charge in [-0.2, -0.15) is 0 Å². The first-order chi connectivity index (χ1) is 16.8. The third kappa shape index (κ3) is 5.58. The summed E-state index contributed by atoms with van der Waals surface area (Å²) in [5, 5.41) is 5.49. The summed E-state index contributed by atoms with van der Waals surface area (Å²) < 4.78 is 40.8. The number of hydrogen-bond donors (Lipinski definition) is 1. The van der Waals surface area contributed by atoms with Gasteiger partial charge in [0.15, 0.2) is 0 Å². The first-order valence-electron chi connectivity index (χ1n) is 11.1. The fraction of sp³-hybridized carbons (Fsp3) is 0.269. The van der Waals surface area contributed by atoms with Gasteiger partial charge in [0, 0.05) is 19.0 Å². The molecule has 4 rings (SSSR count). The van der Waals surface area contributed by atoms with Crippen molar-refractivity contribution in [2.75, 3.05) is 27.3 Å². The van der Waals surface area contributed by atoms with E-state index in [0.29, 0.717) is 25.3 Å². The van der Waals surface area contributed by atoms with Crippen LogP contribution in [0.2, 0.25) is 0 Å². The number of methoxy groups -OCH3 is 2. The van der Waals surface area contributed by atoms with Crippen molar-refractivity contribution >= 4 is 16.1 Å². The van der Waals surface area contributed by atoms with E-state index >= 15 is 0 Å². The van der Waals surface area contributed by atoms with Crippen molar-refractivity contribution in [2.45, 2.75) is 23.8 Å². The highest BCUT2D eigenvalue weighted by Crippen LogP contribution is 2.37. The molecule has 2 N–H and O–H groups in total. The number of amides is 1. The number of fused-ring (bicyclic) bond motifs is 1. The minimum Gasteiger partial charge on any atom is -0.497 e. The predicted octanol–water partition coefficient (Wildman–Crippen LogP) is 3.68. The van der Waals surface area contributed by atoms with Gasteiger partial charge >= 0.3 is 6.09 Å². The first kappa shape index (κ1) is 24.6. The van der Waals surface area contributed by atoms with Gasteiger partial charge in [0.05, 0.1) is 14.2 Å². The lowest BCUT2D eigenvalue weighted by Gasteiger charge is -2.25. The Bertz CT molecular complexity index is 1290. The van der Waals surface area contributed by atoms with Crippen molar-refractivity contribution in [1.82, 2.24) is 4.90 Å². The minimum absolute atomic E-state index is 0.0858. The second-order valence-electron chi connectivity index (χ2n) is 8.31. The molecule has 3 aromatic rings. The molecule has 35 heavy (non-hydrogen) atoms. The van der Waals surface area contributed by atoms with Crippen LogP contribution in [0.1, 0.15) is 28.2 Å². The normalized spacial score (nSPS) is 15.6. The maximum Gasteiger partial charge on any atom is 0.410 e. The molecule has 0 aromatic heterocycles. The molecule has 0 aliphatic carbocycles. The number of sulfonamides is 1. The monoisotopic (exact) mass is 496 g/mol. The molecule has 3 aromatic carbocycles. The number of ether oxygens (including phenoxy) is 3. The van der Waals surface area contributed by atoms with Crippen LogP contribution in [0.3, 0.4) is 0 Å². The van der Waals surface area contributed by atoms with E-state index < -0.39 is 16.1 Å². The molecule has 1 unspecified atom stereocenters. The van der Waals surface area contributed by atoms with Crippen LogP contribution in [-0.2, 0) is 27.8 Å². The molecular weight excluding hydrogens is 468 g/mol. The second-order valence-corrected chi connectivity index (χ2v) is 9.84. The molecule has 9 heteroatoms. The summed E-state index contributed by atoms with van der Waals surface area (Å²) in [4.78, 5) is 14.6. The molecule has 0 fully saturated rings. The largest absolute Gasteiger partial charge is 0.497 e. The number of hydrogen-bond acceptors (Lipinski definition) is 6. The van der Waals surface area contributed by atoms with E-state index in [4.69, 9.17) is 19.3 Å². The third-order valence-corrected chi connectivity index (χ3v) is 7.08. The van der Waals surface area contributed by atoms with E-state index in [2.05, 4.69) is 0 Å². The van der Waals surface area contributed by atoms with Gasteiger partial charge in [-0.3, -0.25) is 0 Å². The zero-order chi connectivity index (χ0) is 25.0. The maximum absolute atomic E-state index is 13.0. The lowest BCUT2D eigenvalue weighted by atomic mass is 9.88. The lowest BCUT2D eigenvalue weighted by Crippen LogP contribution is -2.35. The smallest absolute Gasteiger partial charge is 0.410 e. The summed E-state index contributed by atoms with van der Waals surface area (Å²) in [5.74, 6) is 0.565. The summed E-state index contributed by atoms with van der Waals surface area (Å²) in [6, 6.07) is 20.2. The van der Waals surface area contributed by atoms with Crippen molar-refractivity contribution in [1.29, 1.82) is 0 Å². The highest BCUT2D eigenvalue weighted by atomic mass is 32.2. The van der Waals surface area contributed by atoms with Crippen molar-refractivity contribution in [3.8, 4) is 11.5 Å². The summed E-state index contributed by atoms with van der Waals surface area (Å²) in [5.41, 5.74) is 3.46. The number of nitrogens with zero attached hydrogens (tertiary/aromatic N) is 1. The molecule has 1 aliphatic heterocycles. The molecule has 8 nitrogen and oxygen atoms in total. The van der Waals surface area contributed by atoms with Crippen LogP contribution >= 0.6 is 0 Å². The van der Waals surface area contributed by atoms with Crippen LogP contribution in [0.25, 0.3) is 0 Å². The zero-order valence-corrected chi connectivity index (χ0v) is 20.5. The molecular formula is C26H28N2O6S. The highest BCUT2D eigenvalue weighted by Gasteiger charge is 2.30. The number of carbonyl (C=O) groups excluding carboxylic acids is 1. The van der Waals surface area contributed by atoms with Crippen LogP contribution in [0.5, 0.6) is 11.5 Å². The van der Waals surface area contributed by atoms with Crippen molar-refractivity contribution < 1.29 is 27.4 Å². The van der Waals surface area contributed by atoms with E-state index in [9.17, 15) is 13.2 Å². The number of primary sulfonamides is 1. The first-order valence-corrected chi connectivity index (χ1v) is 12.7. The van der Waals surface area contributed by atoms with Gasteiger partial charge < -0.3 is 19.1 Å². The summed E-state index contributed by atoms with van der Waals surface area (Å²) in [6.07, 6.45) is 0.0720. The van der Waals surface area contributed by atoms with E-state index in [1.54, 1.807) is 24.1 Å². The van der Waals surface area contributed by atoms with E-state index in [-0.39, 0.29) is 23.2 Å². The molecule has 0 bridgehead atoms. The number of benzene rings is 3. The van der Waals surface area contributed by atoms with Crippen LogP contribution in [-0.4, -0.2) is 46.7 Å². The van der Waals surface area contributed by atoms with E-state index in [1.807, 2.05) is 54.6 Å². The molecule has 1 amide bonds. The number of carbonyl (C=O) groups is 1. The zero-order valence-electron chi connectivity index (χ0n) is 19.6. The SMILES string of the molecule is COc1ccc(C2CN(C(=O)OCc3ccccc3)CCc3cc(OC)c(S(N)(=O)=O)cc32)cc1. The molecule has 0 radical (unpaired) electrons. The lowest BCUT2D eigenvalue weighted by molar-refractivity contribution is 0.0964. The number of rotatable bonds is 6. The maximum atomic E-state index is 13.0. The summed E-state index contributed by atoms with van der Waals surface area (Å²) in [7, 11) is -1.03. The molecule has 1 heterocycles. The van der Waals surface area contributed by atoms with E-state index in [1.165, 1.54) is 7.11 Å². The summed E-state index contributed by atoms with van der Waals surface area (Å²) in [6.45, 7) is 0.883. The third-order valence-electron chi connectivity index (χ3n) is 6.14. The van der Waals surface area contributed by atoms with Gasteiger partial charge in [0.2, 0.25) is 10.0 Å². The van der Waals surface area contributed by atoms with Crippen LogP contribution in [0.4, 0.5) is 4.79 Å². The van der Waals surface area contributed by atoms with Gasteiger partial charge in [-0.05, 0) is 52.9 Å². The molecule has 1 atom stereocenters. The standard InChI is InChI=1S/C26H28N2O6S/c1-32-21-10-8-19(9-11-21)23-16-28(26(29)34-17-18-6-4-3-5-7-18)13-12-20-14-24(33-2)25(15-22(20)23)35(27,30)31/h3-11,14-15,23H,12-13,16-17H2,1-2H3,(H2,27,30,31). The fourth-order valence-corrected chi connectivity index (χ4v) is 5.02. The average Bonchev–Trinajstić information content (AvgIpc) is 3.06. The van der Waals surface area contributed by atoms with Gasteiger partial charge in [0.1, 0.15) is 23.0 Å². The van der Waals surface area contributed by atoms with Gasteiger partial charge in [-0.1, -0.05) is 42.5 Å². The molecule has 184 valence electrons. The fourth-order valence-electron chi connectivity index (χ4n) is 4.30.